The molecular formula is C35H48F4O2. The molecule has 41 heavy (non-hydrogen) atoms. The number of benzene rings is 2. The molecule has 2 aliphatic carbocycles. The molecule has 2 saturated carbocycles. The van der Waals surface area contributed by atoms with Gasteiger partial charge < -0.3 is 9.84 Å². The molecule has 1 N–H and O–H groups in total. The molecule has 228 valence electrons. The van der Waals surface area contributed by atoms with Crippen LogP contribution in [0, 0.1) is 41.0 Å². The Morgan fingerprint density at radius 3 is 1.66 bits per heavy atom. The molecule has 0 heterocycles. The largest absolute Gasteiger partial charge is 0.505 e. The van der Waals surface area contributed by atoms with Gasteiger partial charge in [0.2, 0.25) is 11.6 Å². The molecule has 0 bridgehead atoms. The van der Waals surface area contributed by atoms with Crippen LogP contribution in [0.15, 0.2) is 24.3 Å². The van der Waals surface area contributed by atoms with Crippen molar-refractivity contribution in [2.75, 3.05) is 6.61 Å². The number of hydrogen-bond donors (Lipinski definition) is 1. The molecule has 0 spiro atoms. The second-order valence-corrected chi connectivity index (χ2v) is 12.6. The van der Waals surface area contributed by atoms with E-state index in [-0.39, 0.29) is 17.6 Å². The van der Waals surface area contributed by atoms with E-state index in [0.29, 0.717) is 29.6 Å². The van der Waals surface area contributed by atoms with Crippen LogP contribution in [0.1, 0.15) is 133 Å². The van der Waals surface area contributed by atoms with Crippen molar-refractivity contribution < 1.29 is 27.4 Å². The molecule has 4 rings (SSSR count). The van der Waals surface area contributed by atoms with E-state index in [1.54, 1.807) is 25.1 Å². The highest BCUT2D eigenvalue weighted by atomic mass is 19.2. The zero-order chi connectivity index (χ0) is 29.4. The van der Waals surface area contributed by atoms with E-state index in [9.17, 15) is 22.7 Å². The third kappa shape index (κ3) is 8.20. The summed E-state index contributed by atoms with van der Waals surface area (Å²) >= 11 is 0. The van der Waals surface area contributed by atoms with E-state index in [0.717, 1.165) is 57.3 Å². The number of phenols is 1. The minimum atomic E-state index is -1.13. The summed E-state index contributed by atoms with van der Waals surface area (Å²) in [6.07, 6.45) is 16.5. The predicted molar refractivity (Wildman–Crippen MR) is 156 cm³/mol. The van der Waals surface area contributed by atoms with Crippen LogP contribution >= 0.6 is 0 Å². The topological polar surface area (TPSA) is 29.5 Å². The fourth-order valence-corrected chi connectivity index (χ4v) is 7.47. The van der Waals surface area contributed by atoms with E-state index < -0.39 is 29.0 Å². The highest BCUT2D eigenvalue weighted by Gasteiger charge is 2.28. The summed E-state index contributed by atoms with van der Waals surface area (Å²) in [5.74, 6) is -1.99. The molecule has 1 unspecified atom stereocenters. The van der Waals surface area contributed by atoms with Crippen LogP contribution in [0.2, 0.25) is 0 Å². The van der Waals surface area contributed by atoms with Crippen molar-refractivity contribution in [2.45, 2.75) is 122 Å². The summed E-state index contributed by atoms with van der Waals surface area (Å²) in [6.45, 7) is 4.37. The second kappa shape index (κ2) is 15.3. The van der Waals surface area contributed by atoms with Crippen LogP contribution in [-0.4, -0.2) is 11.7 Å². The van der Waals surface area contributed by atoms with Gasteiger partial charge in [-0.1, -0.05) is 64.0 Å². The monoisotopic (exact) mass is 576 g/mol. The Labute approximate surface area is 243 Å². The molecule has 2 aromatic rings. The van der Waals surface area contributed by atoms with Crippen molar-refractivity contribution >= 4 is 0 Å². The van der Waals surface area contributed by atoms with Crippen molar-refractivity contribution in [3.8, 4) is 11.5 Å². The number of hydrogen-bond acceptors (Lipinski definition) is 2. The quantitative estimate of drug-likeness (QED) is 0.240. The first-order valence-corrected chi connectivity index (χ1v) is 16.1. The number of phenolic OH excluding ortho intramolecular Hbond substituents is 1. The third-order valence-corrected chi connectivity index (χ3v) is 10.1. The van der Waals surface area contributed by atoms with Crippen LogP contribution in [-0.2, 0) is 0 Å². The second-order valence-electron chi connectivity index (χ2n) is 12.6. The minimum absolute atomic E-state index is 0.000376. The summed E-state index contributed by atoms with van der Waals surface area (Å²) < 4.78 is 62.2. The molecule has 2 aromatic carbocycles. The molecule has 2 aliphatic rings. The highest BCUT2D eigenvalue weighted by Crippen LogP contribution is 2.42. The minimum Gasteiger partial charge on any atom is -0.505 e. The Hall–Kier alpha value is -2.24. The Kier molecular flexibility index (Phi) is 11.8. The zero-order valence-corrected chi connectivity index (χ0v) is 24.9. The molecule has 0 aromatic heterocycles. The molecule has 0 saturated heterocycles. The summed E-state index contributed by atoms with van der Waals surface area (Å²) in [5.41, 5.74) is 0.917. The number of halogens is 4. The van der Waals surface area contributed by atoms with Crippen LogP contribution < -0.4 is 4.74 Å². The maximum absolute atomic E-state index is 14.7. The van der Waals surface area contributed by atoms with E-state index >= 15 is 0 Å². The Morgan fingerprint density at radius 1 is 0.683 bits per heavy atom. The van der Waals surface area contributed by atoms with Crippen LogP contribution in [0.3, 0.4) is 0 Å². The van der Waals surface area contributed by atoms with E-state index in [2.05, 4.69) is 6.92 Å². The Bertz CT molecular complexity index is 1100. The third-order valence-electron chi connectivity index (χ3n) is 10.1. The first kappa shape index (κ1) is 31.7. The van der Waals surface area contributed by atoms with Gasteiger partial charge in [-0.3, -0.25) is 0 Å². The van der Waals surface area contributed by atoms with Gasteiger partial charge in [0, 0.05) is 0 Å². The molecule has 2 nitrogen and oxygen atoms in total. The molecule has 6 heteroatoms. The maximum Gasteiger partial charge on any atom is 0.200 e. The summed E-state index contributed by atoms with van der Waals surface area (Å²) in [6, 6.07) is 6.09. The van der Waals surface area contributed by atoms with E-state index in [4.69, 9.17) is 4.74 Å². The average molecular weight is 577 g/mol. The van der Waals surface area contributed by atoms with Gasteiger partial charge in [0.05, 0.1) is 6.61 Å². The Balaban J connectivity index is 1.11. The van der Waals surface area contributed by atoms with E-state index in [1.807, 2.05) is 0 Å². The normalized spacial score (nSPS) is 23.9. The van der Waals surface area contributed by atoms with Gasteiger partial charge in [0.15, 0.2) is 23.1 Å². The SMILES string of the molecule is CCOc1ccc(C2CCC(CCCC(CC)CCCC3CCC(c4ccc(O)c(F)c4F)CC3)CC2)c(F)c1F. The van der Waals surface area contributed by atoms with Crippen molar-refractivity contribution in [3.63, 3.8) is 0 Å². The van der Waals surface area contributed by atoms with Crippen LogP contribution in [0.25, 0.3) is 0 Å². The molecule has 0 radical (unpaired) electrons. The van der Waals surface area contributed by atoms with Crippen molar-refractivity contribution in [3.05, 3.63) is 58.7 Å². The van der Waals surface area contributed by atoms with Gasteiger partial charge in [-0.15, -0.1) is 0 Å². The van der Waals surface area contributed by atoms with Crippen molar-refractivity contribution in [1.29, 1.82) is 0 Å². The number of ether oxygens (including phenoxy) is 1. The Morgan fingerprint density at radius 2 is 1.17 bits per heavy atom. The van der Waals surface area contributed by atoms with E-state index in [1.165, 1.54) is 51.0 Å². The molecule has 2 fully saturated rings. The standard InChI is InChI=1S/C35H48F4O2/c1-3-23(7-5-9-24-11-15-26(16-12-24)28-19-21-30(40)34(38)32(28)36)8-6-10-25-13-17-27(18-14-25)29-20-22-31(41-4-2)35(39)33(29)37/h19-27,40H,3-18H2,1-2H3. The maximum atomic E-state index is 14.7. The number of rotatable bonds is 13. The van der Waals surface area contributed by atoms with Crippen LogP contribution in [0.5, 0.6) is 11.5 Å². The molecule has 0 amide bonds. The van der Waals surface area contributed by atoms with Gasteiger partial charge in [-0.2, -0.15) is 8.78 Å². The average Bonchev–Trinajstić information content (AvgIpc) is 2.99. The van der Waals surface area contributed by atoms with Gasteiger partial charge >= 0.3 is 0 Å². The van der Waals surface area contributed by atoms with Gasteiger partial charge in [0.1, 0.15) is 0 Å². The fraction of sp³-hybridized carbons (Fsp3) is 0.657. The van der Waals surface area contributed by atoms with Gasteiger partial charge in [-0.05, 0) is 111 Å². The zero-order valence-electron chi connectivity index (χ0n) is 24.9. The summed E-state index contributed by atoms with van der Waals surface area (Å²) in [5, 5.41) is 9.39. The number of aromatic hydroxyl groups is 1. The van der Waals surface area contributed by atoms with Gasteiger partial charge in [0.25, 0.3) is 0 Å². The van der Waals surface area contributed by atoms with Gasteiger partial charge in [-0.25, -0.2) is 8.78 Å². The fourth-order valence-electron chi connectivity index (χ4n) is 7.47. The smallest absolute Gasteiger partial charge is 0.200 e. The highest BCUT2D eigenvalue weighted by molar-refractivity contribution is 5.34. The first-order valence-electron chi connectivity index (χ1n) is 16.1. The lowest BCUT2D eigenvalue weighted by molar-refractivity contribution is 0.273. The molecule has 1 atom stereocenters. The predicted octanol–water partition coefficient (Wildman–Crippen LogP) is 11.0. The molecular weight excluding hydrogens is 528 g/mol. The molecule has 0 aliphatic heterocycles. The van der Waals surface area contributed by atoms with Crippen molar-refractivity contribution in [2.24, 2.45) is 17.8 Å². The first-order chi connectivity index (χ1) is 19.8. The lowest BCUT2D eigenvalue weighted by atomic mass is 9.76. The summed E-state index contributed by atoms with van der Waals surface area (Å²) in [7, 11) is 0. The lowest BCUT2D eigenvalue weighted by Gasteiger charge is -2.30. The van der Waals surface area contributed by atoms with Crippen LogP contribution in [0.4, 0.5) is 17.6 Å². The van der Waals surface area contributed by atoms with Crippen molar-refractivity contribution in [1.82, 2.24) is 0 Å². The lowest BCUT2D eigenvalue weighted by Crippen LogP contribution is -2.16. The summed E-state index contributed by atoms with van der Waals surface area (Å²) in [4.78, 5) is 0.